The quantitative estimate of drug-likeness (QED) is 0.604. The first-order valence-electron chi connectivity index (χ1n) is 10.0. The van der Waals surface area contributed by atoms with Crippen molar-refractivity contribution in [1.82, 2.24) is 5.32 Å². The minimum Gasteiger partial charge on any atom is -0.494 e. The van der Waals surface area contributed by atoms with Crippen LogP contribution in [0.5, 0.6) is 5.75 Å². The van der Waals surface area contributed by atoms with E-state index in [1.165, 1.54) is 12.1 Å². The number of nitrogens with one attached hydrogen (secondary N) is 1. The lowest BCUT2D eigenvalue weighted by Gasteiger charge is -2.14. The number of carbonyl (C=O) groups is 3. The Labute approximate surface area is 179 Å². The molecule has 4 rings (SSSR count). The molecule has 1 aromatic heterocycles. The Morgan fingerprint density at radius 1 is 1.03 bits per heavy atom. The molecule has 158 valence electrons. The molecule has 0 spiro atoms. The van der Waals surface area contributed by atoms with Gasteiger partial charge in [0.05, 0.1) is 29.5 Å². The van der Waals surface area contributed by atoms with Crippen LogP contribution < -0.4 is 15.0 Å². The van der Waals surface area contributed by atoms with Crippen molar-refractivity contribution < 1.29 is 23.5 Å². The van der Waals surface area contributed by atoms with Gasteiger partial charge in [-0.1, -0.05) is 0 Å². The van der Waals surface area contributed by atoms with Crippen LogP contribution >= 0.6 is 0 Å². The number of amides is 3. The molecule has 7 nitrogen and oxygen atoms in total. The maximum atomic E-state index is 13.0. The SMILES string of the molecule is CCOc1ccc(N2C(=O)c3ccc(C(=O)NC(C)c4ccc(C)o4)cc3C2=O)cc1. The van der Waals surface area contributed by atoms with Gasteiger partial charge in [0.2, 0.25) is 0 Å². The van der Waals surface area contributed by atoms with Crippen molar-refractivity contribution in [1.29, 1.82) is 0 Å². The summed E-state index contributed by atoms with van der Waals surface area (Å²) in [6.07, 6.45) is 0. The highest BCUT2D eigenvalue weighted by Crippen LogP contribution is 2.30. The predicted octanol–water partition coefficient (Wildman–Crippen LogP) is 4.28. The molecular formula is C24H22N2O5. The number of rotatable bonds is 6. The fourth-order valence-corrected chi connectivity index (χ4v) is 3.51. The molecule has 1 aliphatic heterocycles. The van der Waals surface area contributed by atoms with Crippen molar-refractivity contribution in [3.8, 4) is 5.75 Å². The standard InChI is InChI=1S/C24H22N2O5/c1-4-30-18-9-7-17(8-10-18)26-23(28)19-11-6-16(13-20(19)24(26)29)22(27)25-15(3)21-12-5-14(2)31-21/h5-13,15H,4H2,1-3H3,(H,25,27). The van der Waals surface area contributed by atoms with Crippen LogP contribution in [0.15, 0.2) is 59.0 Å². The highest BCUT2D eigenvalue weighted by atomic mass is 16.5. The molecule has 1 unspecified atom stereocenters. The van der Waals surface area contributed by atoms with E-state index in [0.29, 0.717) is 29.4 Å². The van der Waals surface area contributed by atoms with Gasteiger partial charge < -0.3 is 14.5 Å². The van der Waals surface area contributed by atoms with Gasteiger partial charge in [0.25, 0.3) is 17.7 Å². The zero-order valence-corrected chi connectivity index (χ0v) is 17.5. The number of benzene rings is 2. The molecule has 1 N–H and O–H groups in total. The highest BCUT2D eigenvalue weighted by Gasteiger charge is 2.37. The monoisotopic (exact) mass is 418 g/mol. The van der Waals surface area contributed by atoms with Crippen LogP contribution in [-0.4, -0.2) is 24.3 Å². The Morgan fingerprint density at radius 2 is 1.74 bits per heavy atom. The van der Waals surface area contributed by atoms with Gasteiger partial charge >= 0.3 is 0 Å². The number of anilines is 1. The van der Waals surface area contributed by atoms with Crippen LogP contribution in [0, 0.1) is 6.92 Å². The largest absolute Gasteiger partial charge is 0.494 e. The summed E-state index contributed by atoms with van der Waals surface area (Å²) in [5.41, 5.74) is 1.21. The van der Waals surface area contributed by atoms with Crippen molar-refractivity contribution in [2.24, 2.45) is 0 Å². The first-order chi connectivity index (χ1) is 14.9. The third-order valence-corrected chi connectivity index (χ3v) is 5.09. The number of aryl methyl sites for hydroxylation is 1. The van der Waals surface area contributed by atoms with Gasteiger partial charge in [-0.05, 0) is 75.4 Å². The lowest BCUT2D eigenvalue weighted by atomic mass is 10.0. The molecular weight excluding hydrogens is 396 g/mol. The smallest absolute Gasteiger partial charge is 0.266 e. The lowest BCUT2D eigenvalue weighted by molar-refractivity contribution is 0.0921. The fourth-order valence-electron chi connectivity index (χ4n) is 3.51. The van der Waals surface area contributed by atoms with Crippen LogP contribution in [0.4, 0.5) is 5.69 Å². The number of furan rings is 1. The number of fused-ring (bicyclic) bond motifs is 1. The van der Waals surface area contributed by atoms with Gasteiger partial charge in [-0.2, -0.15) is 0 Å². The molecule has 0 radical (unpaired) electrons. The average molecular weight is 418 g/mol. The minimum atomic E-state index is -0.464. The van der Waals surface area contributed by atoms with Gasteiger partial charge in [-0.25, -0.2) is 4.90 Å². The minimum absolute atomic E-state index is 0.202. The van der Waals surface area contributed by atoms with Crippen LogP contribution in [0.2, 0.25) is 0 Å². The highest BCUT2D eigenvalue weighted by molar-refractivity contribution is 6.34. The molecule has 1 aliphatic rings. The van der Waals surface area contributed by atoms with E-state index in [1.54, 1.807) is 36.4 Å². The van der Waals surface area contributed by atoms with Crippen LogP contribution in [-0.2, 0) is 0 Å². The topological polar surface area (TPSA) is 88.8 Å². The van der Waals surface area contributed by atoms with E-state index in [0.717, 1.165) is 10.7 Å². The van der Waals surface area contributed by atoms with E-state index in [2.05, 4.69) is 5.32 Å². The fraction of sp³-hybridized carbons (Fsp3) is 0.208. The summed E-state index contributed by atoms with van der Waals surface area (Å²) in [6, 6.07) is 14.5. The number of hydrogen-bond acceptors (Lipinski definition) is 5. The van der Waals surface area contributed by atoms with E-state index < -0.39 is 11.8 Å². The summed E-state index contributed by atoms with van der Waals surface area (Å²) in [5.74, 6) is 0.808. The third-order valence-electron chi connectivity index (χ3n) is 5.09. The first-order valence-corrected chi connectivity index (χ1v) is 10.0. The molecule has 0 bridgehead atoms. The van der Waals surface area contributed by atoms with E-state index in [-0.39, 0.29) is 23.1 Å². The van der Waals surface area contributed by atoms with Gasteiger partial charge in [-0.15, -0.1) is 0 Å². The number of nitrogens with zero attached hydrogens (tertiary/aromatic N) is 1. The Morgan fingerprint density at radius 3 is 2.39 bits per heavy atom. The predicted molar refractivity (Wildman–Crippen MR) is 115 cm³/mol. The Kier molecular flexibility index (Phi) is 5.33. The summed E-state index contributed by atoms with van der Waals surface area (Å²) < 4.78 is 11.0. The van der Waals surface area contributed by atoms with Crippen molar-refractivity contribution >= 4 is 23.4 Å². The molecule has 2 aromatic carbocycles. The van der Waals surface area contributed by atoms with E-state index >= 15 is 0 Å². The van der Waals surface area contributed by atoms with E-state index in [1.807, 2.05) is 26.8 Å². The summed E-state index contributed by atoms with van der Waals surface area (Å²) in [6.45, 7) is 6.04. The van der Waals surface area contributed by atoms with Gasteiger partial charge in [0.1, 0.15) is 17.3 Å². The Bertz CT molecular complexity index is 1160. The van der Waals surface area contributed by atoms with Crippen molar-refractivity contribution in [2.75, 3.05) is 11.5 Å². The molecule has 0 saturated carbocycles. The second-order valence-electron chi connectivity index (χ2n) is 7.28. The number of imide groups is 1. The molecule has 0 saturated heterocycles. The number of hydrogen-bond donors (Lipinski definition) is 1. The van der Waals surface area contributed by atoms with Crippen molar-refractivity contribution in [3.05, 3.63) is 82.8 Å². The van der Waals surface area contributed by atoms with Gasteiger partial charge in [0, 0.05) is 5.56 Å². The lowest BCUT2D eigenvalue weighted by Crippen LogP contribution is -2.29. The maximum Gasteiger partial charge on any atom is 0.266 e. The van der Waals surface area contributed by atoms with E-state index in [9.17, 15) is 14.4 Å². The van der Waals surface area contributed by atoms with Gasteiger partial charge in [0.15, 0.2) is 0 Å². The molecule has 2 heterocycles. The second-order valence-corrected chi connectivity index (χ2v) is 7.28. The average Bonchev–Trinajstić information content (AvgIpc) is 3.30. The maximum absolute atomic E-state index is 13.0. The summed E-state index contributed by atoms with van der Waals surface area (Å²) in [4.78, 5) is 39.6. The zero-order valence-electron chi connectivity index (χ0n) is 17.5. The van der Waals surface area contributed by atoms with Crippen molar-refractivity contribution in [3.63, 3.8) is 0 Å². The van der Waals surface area contributed by atoms with E-state index in [4.69, 9.17) is 9.15 Å². The molecule has 0 fully saturated rings. The zero-order chi connectivity index (χ0) is 22.1. The summed E-state index contributed by atoms with van der Waals surface area (Å²) in [5, 5.41) is 2.85. The van der Waals surface area contributed by atoms with Crippen LogP contribution in [0.25, 0.3) is 0 Å². The normalized spacial score (nSPS) is 13.8. The van der Waals surface area contributed by atoms with Gasteiger partial charge in [-0.3, -0.25) is 14.4 Å². The summed E-state index contributed by atoms with van der Waals surface area (Å²) in [7, 11) is 0. The van der Waals surface area contributed by atoms with Crippen LogP contribution in [0.3, 0.4) is 0 Å². The third kappa shape index (κ3) is 3.82. The van der Waals surface area contributed by atoms with Crippen LogP contribution in [0.1, 0.15) is 62.5 Å². The summed E-state index contributed by atoms with van der Waals surface area (Å²) >= 11 is 0. The Hall–Kier alpha value is -3.87. The molecule has 31 heavy (non-hydrogen) atoms. The first kappa shape index (κ1) is 20.4. The molecule has 3 amide bonds. The molecule has 7 heteroatoms. The Balaban J connectivity index is 1.55. The molecule has 1 atom stereocenters. The molecule has 3 aromatic rings. The molecule has 0 aliphatic carbocycles. The number of carbonyl (C=O) groups excluding carboxylic acids is 3. The second kappa shape index (κ2) is 8.10. The number of ether oxygens (including phenoxy) is 1. The van der Waals surface area contributed by atoms with Crippen molar-refractivity contribution in [2.45, 2.75) is 26.8 Å².